The number of aliphatic hydroxyl groups excluding tert-OH is 1. The number of amides is 1. The Hall–Kier alpha value is -3.22. The largest absolute Gasteiger partial charge is 0.390 e. The molecule has 6 nitrogen and oxygen atoms in total. The third-order valence-corrected chi connectivity index (χ3v) is 6.51. The Labute approximate surface area is 194 Å². The minimum atomic E-state index is -0.440. The van der Waals surface area contributed by atoms with E-state index in [1.165, 1.54) is 24.3 Å². The van der Waals surface area contributed by atoms with Crippen LogP contribution in [0.4, 0.5) is 5.69 Å². The summed E-state index contributed by atoms with van der Waals surface area (Å²) in [5, 5.41) is 17.8. The van der Waals surface area contributed by atoms with Crippen molar-refractivity contribution in [2.24, 2.45) is 5.10 Å². The van der Waals surface area contributed by atoms with E-state index in [1.807, 2.05) is 61.7 Å². The molecule has 33 heavy (non-hydrogen) atoms. The standard InChI is InChI=1S/C27H30N4O2/c1-20-25(27(33)31(28-20)22-10-4-2-5-11-22)16-21-17-30(26-13-7-6-12-24(21)26)19-23(32)18-29-14-8-3-9-15-29/h2,4-7,10-13,16-17,23,32H,3,8-9,14-15,18-19H2,1H3/b25-16-. The van der Waals surface area contributed by atoms with E-state index in [0.29, 0.717) is 24.4 Å². The van der Waals surface area contributed by atoms with Gasteiger partial charge in [0.15, 0.2) is 0 Å². The topological polar surface area (TPSA) is 61.1 Å². The normalized spacial score (nSPS) is 19.5. The Bertz CT molecular complexity index is 1210. The molecular formula is C27H30N4O2. The molecule has 3 heterocycles. The Kier molecular flexibility index (Phi) is 6.11. The van der Waals surface area contributed by atoms with Crippen molar-refractivity contribution in [2.45, 2.75) is 38.8 Å². The lowest BCUT2D eigenvalue weighted by molar-refractivity contribution is -0.114. The van der Waals surface area contributed by atoms with Crippen molar-refractivity contribution >= 4 is 34.3 Å². The van der Waals surface area contributed by atoms with Gasteiger partial charge >= 0.3 is 0 Å². The van der Waals surface area contributed by atoms with Gasteiger partial charge in [0.05, 0.1) is 23.1 Å². The first-order chi connectivity index (χ1) is 16.1. The Balaban J connectivity index is 1.41. The maximum Gasteiger partial charge on any atom is 0.280 e. The fourth-order valence-corrected chi connectivity index (χ4v) is 4.85. The van der Waals surface area contributed by atoms with Crippen LogP contribution in [0.1, 0.15) is 31.7 Å². The summed E-state index contributed by atoms with van der Waals surface area (Å²) in [6.45, 7) is 5.23. The summed E-state index contributed by atoms with van der Waals surface area (Å²) in [5.41, 5.74) is 4.07. The smallest absolute Gasteiger partial charge is 0.280 e. The van der Waals surface area contributed by atoms with Crippen LogP contribution in [0, 0.1) is 0 Å². The number of anilines is 1. The monoisotopic (exact) mass is 442 g/mol. The van der Waals surface area contributed by atoms with E-state index in [0.717, 1.165) is 35.2 Å². The molecule has 1 amide bonds. The molecule has 2 aliphatic rings. The predicted octanol–water partition coefficient (Wildman–Crippen LogP) is 4.29. The minimum absolute atomic E-state index is 0.124. The van der Waals surface area contributed by atoms with Gasteiger partial charge in [0.1, 0.15) is 0 Å². The molecule has 1 unspecified atom stereocenters. The number of hydrogen-bond acceptors (Lipinski definition) is 4. The van der Waals surface area contributed by atoms with E-state index in [1.54, 1.807) is 0 Å². The van der Waals surface area contributed by atoms with Crippen LogP contribution in [0.2, 0.25) is 0 Å². The maximum atomic E-state index is 13.2. The molecule has 2 aromatic carbocycles. The third-order valence-electron chi connectivity index (χ3n) is 6.51. The summed E-state index contributed by atoms with van der Waals surface area (Å²) in [4.78, 5) is 15.5. The lowest BCUT2D eigenvalue weighted by Gasteiger charge is -2.28. The van der Waals surface area contributed by atoms with Crippen LogP contribution >= 0.6 is 0 Å². The van der Waals surface area contributed by atoms with Gasteiger partial charge in [-0.1, -0.05) is 42.8 Å². The van der Waals surface area contributed by atoms with Crippen LogP contribution < -0.4 is 5.01 Å². The molecule has 1 aromatic heterocycles. The van der Waals surface area contributed by atoms with Crippen molar-refractivity contribution in [3.05, 3.63) is 71.9 Å². The summed E-state index contributed by atoms with van der Waals surface area (Å²) < 4.78 is 2.11. The van der Waals surface area contributed by atoms with Crippen LogP contribution in [0.3, 0.4) is 0 Å². The number of aliphatic hydroxyl groups is 1. The zero-order chi connectivity index (χ0) is 22.8. The number of carbonyl (C=O) groups excluding carboxylic acids is 1. The number of hydrogen-bond donors (Lipinski definition) is 1. The van der Waals surface area contributed by atoms with Gasteiger partial charge in [0, 0.05) is 35.8 Å². The number of likely N-dealkylation sites (tertiary alicyclic amines) is 1. The van der Waals surface area contributed by atoms with Gasteiger partial charge in [-0.3, -0.25) is 4.79 Å². The average molecular weight is 443 g/mol. The number of piperidine rings is 1. The number of β-amino-alcohol motifs (C(OH)–C–C–N with tert-alkyl or cyclic N) is 1. The van der Waals surface area contributed by atoms with Crippen molar-refractivity contribution < 1.29 is 9.90 Å². The highest BCUT2D eigenvalue weighted by molar-refractivity contribution is 6.32. The average Bonchev–Trinajstić information content (AvgIpc) is 3.32. The van der Waals surface area contributed by atoms with Crippen LogP contribution in [-0.4, -0.2) is 51.9 Å². The SMILES string of the molecule is CC1=NN(c2ccccc2)C(=O)/C1=C\c1cn(CC(O)CN2CCCCC2)c2ccccc12. The first-order valence-corrected chi connectivity index (χ1v) is 11.8. The highest BCUT2D eigenvalue weighted by Gasteiger charge is 2.29. The van der Waals surface area contributed by atoms with Crippen LogP contribution in [0.5, 0.6) is 0 Å². The number of carbonyl (C=O) groups is 1. The first-order valence-electron chi connectivity index (χ1n) is 11.8. The second kappa shape index (κ2) is 9.33. The van der Waals surface area contributed by atoms with Crippen molar-refractivity contribution in [1.82, 2.24) is 9.47 Å². The molecule has 0 aliphatic carbocycles. The van der Waals surface area contributed by atoms with Crippen molar-refractivity contribution in [1.29, 1.82) is 0 Å². The number of para-hydroxylation sites is 2. The van der Waals surface area contributed by atoms with E-state index in [4.69, 9.17) is 0 Å². The van der Waals surface area contributed by atoms with E-state index < -0.39 is 6.10 Å². The molecule has 1 fully saturated rings. The first kappa shape index (κ1) is 21.6. The van der Waals surface area contributed by atoms with Gasteiger partial charge < -0.3 is 14.6 Å². The Morgan fingerprint density at radius 3 is 2.52 bits per heavy atom. The van der Waals surface area contributed by atoms with E-state index in [2.05, 4.69) is 26.7 Å². The van der Waals surface area contributed by atoms with Crippen molar-refractivity contribution in [3.63, 3.8) is 0 Å². The quantitative estimate of drug-likeness (QED) is 0.579. The van der Waals surface area contributed by atoms with Gasteiger partial charge in [-0.05, 0) is 57.1 Å². The molecule has 5 rings (SSSR count). The van der Waals surface area contributed by atoms with Gasteiger partial charge in [0.2, 0.25) is 0 Å². The highest BCUT2D eigenvalue weighted by Crippen LogP contribution is 2.28. The molecule has 2 aliphatic heterocycles. The van der Waals surface area contributed by atoms with Crippen LogP contribution in [-0.2, 0) is 11.3 Å². The van der Waals surface area contributed by atoms with Gasteiger partial charge in [-0.15, -0.1) is 0 Å². The number of nitrogens with zero attached hydrogens (tertiary/aromatic N) is 4. The molecule has 1 atom stereocenters. The lowest BCUT2D eigenvalue weighted by atomic mass is 10.1. The highest BCUT2D eigenvalue weighted by atomic mass is 16.3. The van der Waals surface area contributed by atoms with Crippen molar-refractivity contribution in [2.75, 3.05) is 24.6 Å². The molecule has 3 aromatic rings. The zero-order valence-corrected chi connectivity index (χ0v) is 19.0. The summed E-state index contributed by atoms with van der Waals surface area (Å²) in [6.07, 6.45) is 7.25. The fourth-order valence-electron chi connectivity index (χ4n) is 4.85. The second-order valence-electron chi connectivity index (χ2n) is 8.96. The molecule has 1 N–H and O–H groups in total. The van der Waals surface area contributed by atoms with E-state index in [9.17, 15) is 9.90 Å². The summed E-state index contributed by atoms with van der Waals surface area (Å²) in [7, 11) is 0. The Morgan fingerprint density at radius 2 is 1.73 bits per heavy atom. The maximum absolute atomic E-state index is 13.2. The summed E-state index contributed by atoms with van der Waals surface area (Å²) >= 11 is 0. The number of fused-ring (bicyclic) bond motifs is 1. The molecule has 6 heteroatoms. The zero-order valence-electron chi connectivity index (χ0n) is 19.0. The predicted molar refractivity (Wildman–Crippen MR) is 133 cm³/mol. The van der Waals surface area contributed by atoms with E-state index in [-0.39, 0.29) is 5.91 Å². The minimum Gasteiger partial charge on any atom is -0.390 e. The molecular weight excluding hydrogens is 412 g/mol. The second-order valence-corrected chi connectivity index (χ2v) is 8.96. The van der Waals surface area contributed by atoms with Crippen LogP contribution in [0.25, 0.3) is 17.0 Å². The fraction of sp³-hybridized carbons (Fsp3) is 0.333. The molecule has 0 bridgehead atoms. The number of aromatic nitrogens is 1. The number of rotatable bonds is 6. The molecule has 0 radical (unpaired) electrons. The molecule has 0 spiro atoms. The summed E-state index contributed by atoms with van der Waals surface area (Å²) in [5.74, 6) is -0.124. The molecule has 170 valence electrons. The van der Waals surface area contributed by atoms with E-state index >= 15 is 0 Å². The lowest BCUT2D eigenvalue weighted by Crippen LogP contribution is -2.37. The Morgan fingerprint density at radius 1 is 1.00 bits per heavy atom. The van der Waals surface area contributed by atoms with Gasteiger partial charge in [-0.2, -0.15) is 10.1 Å². The number of hydrazone groups is 1. The van der Waals surface area contributed by atoms with Gasteiger partial charge in [0.25, 0.3) is 5.91 Å². The number of benzene rings is 2. The van der Waals surface area contributed by atoms with Crippen molar-refractivity contribution in [3.8, 4) is 0 Å². The van der Waals surface area contributed by atoms with Crippen LogP contribution in [0.15, 0.2) is 71.5 Å². The summed E-state index contributed by atoms with van der Waals surface area (Å²) in [6, 6.07) is 17.6. The molecule has 0 saturated carbocycles. The third kappa shape index (κ3) is 4.49. The molecule has 1 saturated heterocycles. The van der Waals surface area contributed by atoms with Gasteiger partial charge in [-0.25, -0.2) is 0 Å².